The third-order valence-electron chi connectivity index (χ3n) is 4.86. The SMILES string of the molecule is Cc1cccc(-n2nc3c(c2-c2ccc4ncc(C(N)=O)n4n2)CCC3)n1. The van der Waals surface area contributed by atoms with Gasteiger partial charge in [0.2, 0.25) is 0 Å². The number of carbonyl (C=O) groups excluding carboxylic acids is 1. The van der Waals surface area contributed by atoms with E-state index in [9.17, 15) is 4.79 Å². The molecule has 1 aliphatic rings. The maximum absolute atomic E-state index is 11.7. The lowest BCUT2D eigenvalue weighted by atomic mass is 10.1. The highest BCUT2D eigenvalue weighted by molar-refractivity contribution is 5.91. The van der Waals surface area contributed by atoms with Gasteiger partial charge < -0.3 is 5.73 Å². The van der Waals surface area contributed by atoms with Gasteiger partial charge in [0.05, 0.1) is 17.6 Å². The summed E-state index contributed by atoms with van der Waals surface area (Å²) in [7, 11) is 0. The van der Waals surface area contributed by atoms with Gasteiger partial charge in [-0.05, 0) is 50.5 Å². The summed E-state index contributed by atoms with van der Waals surface area (Å²) < 4.78 is 3.34. The molecule has 0 saturated carbocycles. The number of primary amides is 1. The Hall–Kier alpha value is -3.55. The second-order valence-corrected chi connectivity index (χ2v) is 6.67. The maximum atomic E-state index is 11.7. The number of aryl methyl sites for hydroxylation is 2. The molecular formula is C19H17N7O. The second kappa shape index (κ2) is 5.73. The average molecular weight is 359 g/mol. The van der Waals surface area contributed by atoms with Crippen molar-refractivity contribution in [3.8, 4) is 17.2 Å². The molecule has 2 N–H and O–H groups in total. The van der Waals surface area contributed by atoms with Gasteiger partial charge in [-0.25, -0.2) is 19.2 Å². The van der Waals surface area contributed by atoms with E-state index >= 15 is 0 Å². The zero-order chi connectivity index (χ0) is 18.5. The highest BCUT2D eigenvalue weighted by Gasteiger charge is 2.26. The average Bonchev–Trinajstić information content (AvgIpc) is 3.34. The molecule has 0 saturated heterocycles. The molecule has 0 bridgehead atoms. The normalized spacial score (nSPS) is 13.2. The van der Waals surface area contributed by atoms with E-state index in [1.165, 1.54) is 16.3 Å². The minimum Gasteiger partial charge on any atom is -0.364 e. The Kier molecular flexibility index (Phi) is 3.33. The summed E-state index contributed by atoms with van der Waals surface area (Å²) in [4.78, 5) is 20.5. The third kappa shape index (κ3) is 2.41. The van der Waals surface area contributed by atoms with Crippen LogP contribution in [0.25, 0.3) is 22.9 Å². The van der Waals surface area contributed by atoms with Crippen LogP contribution in [0.5, 0.6) is 0 Å². The monoisotopic (exact) mass is 359 g/mol. The first-order valence-corrected chi connectivity index (χ1v) is 8.81. The summed E-state index contributed by atoms with van der Waals surface area (Å²) in [6.45, 7) is 1.95. The van der Waals surface area contributed by atoms with Crippen LogP contribution in [0.3, 0.4) is 0 Å². The topological polar surface area (TPSA) is 104 Å². The molecule has 0 atom stereocenters. The Morgan fingerprint density at radius 1 is 1.15 bits per heavy atom. The summed E-state index contributed by atoms with van der Waals surface area (Å²) in [5, 5.41) is 9.45. The number of fused-ring (bicyclic) bond motifs is 2. The van der Waals surface area contributed by atoms with E-state index in [1.807, 2.05) is 41.9 Å². The molecule has 0 fully saturated rings. The van der Waals surface area contributed by atoms with Crippen molar-refractivity contribution < 1.29 is 4.79 Å². The van der Waals surface area contributed by atoms with Gasteiger partial charge >= 0.3 is 0 Å². The zero-order valence-corrected chi connectivity index (χ0v) is 14.8. The molecule has 1 amide bonds. The predicted octanol–water partition coefficient (Wildman–Crippen LogP) is 1.87. The first-order chi connectivity index (χ1) is 13.1. The van der Waals surface area contributed by atoms with Gasteiger partial charge in [0.15, 0.2) is 11.5 Å². The summed E-state index contributed by atoms with van der Waals surface area (Å²) >= 11 is 0. The van der Waals surface area contributed by atoms with Gasteiger partial charge in [-0.15, -0.1) is 0 Å². The number of pyridine rings is 1. The molecule has 134 valence electrons. The molecule has 27 heavy (non-hydrogen) atoms. The van der Waals surface area contributed by atoms with E-state index in [2.05, 4.69) is 15.1 Å². The molecule has 0 unspecified atom stereocenters. The summed E-state index contributed by atoms with van der Waals surface area (Å²) in [5.74, 6) is 0.188. The number of hydrogen-bond donors (Lipinski definition) is 1. The number of hydrogen-bond acceptors (Lipinski definition) is 5. The lowest BCUT2D eigenvalue weighted by Crippen LogP contribution is -2.15. The minimum absolute atomic E-state index is 0.253. The zero-order valence-electron chi connectivity index (χ0n) is 14.8. The van der Waals surface area contributed by atoms with Crippen LogP contribution in [-0.4, -0.2) is 35.3 Å². The van der Waals surface area contributed by atoms with Crippen LogP contribution in [0.4, 0.5) is 0 Å². The van der Waals surface area contributed by atoms with Crippen LogP contribution >= 0.6 is 0 Å². The molecule has 8 nitrogen and oxygen atoms in total. The van der Waals surface area contributed by atoms with E-state index in [1.54, 1.807) is 0 Å². The van der Waals surface area contributed by atoms with E-state index in [-0.39, 0.29) is 5.69 Å². The molecule has 0 aromatic carbocycles. The number of nitrogens with zero attached hydrogens (tertiary/aromatic N) is 6. The largest absolute Gasteiger partial charge is 0.364 e. The quantitative estimate of drug-likeness (QED) is 0.601. The van der Waals surface area contributed by atoms with E-state index in [0.29, 0.717) is 11.3 Å². The lowest BCUT2D eigenvalue weighted by Gasteiger charge is -2.09. The summed E-state index contributed by atoms with van der Waals surface area (Å²) in [5.41, 5.74) is 11.1. The number of carbonyl (C=O) groups is 1. The summed E-state index contributed by atoms with van der Waals surface area (Å²) in [6, 6.07) is 9.58. The Balaban J connectivity index is 1.76. The Bertz CT molecular complexity index is 1200. The molecule has 5 rings (SSSR count). The lowest BCUT2D eigenvalue weighted by molar-refractivity contribution is 0.0993. The van der Waals surface area contributed by atoms with E-state index < -0.39 is 5.91 Å². The maximum Gasteiger partial charge on any atom is 0.269 e. The van der Waals surface area contributed by atoms with Crippen molar-refractivity contribution in [2.24, 2.45) is 5.73 Å². The van der Waals surface area contributed by atoms with E-state index in [4.69, 9.17) is 10.8 Å². The van der Waals surface area contributed by atoms with Crippen LogP contribution in [0.2, 0.25) is 0 Å². The van der Waals surface area contributed by atoms with Crippen molar-refractivity contribution in [2.75, 3.05) is 0 Å². The van der Waals surface area contributed by atoms with Crippen molar-refractivity contribution in [1.29, 1.82) is 0 Å². The standard InChI is InChI=1S/C19H17N7O/c1-11-4-2-7-17(22-11)26-18(12-5-3-6-13(12)23-26)14-8-9-16-21-10-15(19(20)27)25(16)24-14/h2,4,7-10H,3,5-6H2,1H3,(H2,20,27). The predicted molar refractivity (Wildman–Crippen MR) is 98.6 cm³/mol. The molecule has 1 aliphatic carbocycles. The smallest absolute Gasteiger partial charge is 0.269 e. The molecule has 0 spiro atoms. The minimum atomic E-state index is -0.564. The van der Waals surface area contributed by atoms with Crippen LogP contribution in [-0.2, 0) is 12.8 Å². The molecule has 0 aliphatic heterocycles. The first kappa shape index (κ1) is 15.7. The van der Waals surface area contributed by atoms with Gasteiger partial charge in [0.25, 0.3) is 5.91 Å². The van der Waals surface area contributed by atoms with Gasteiger partial charge in [-0.1, -0.05) is 6.07 Å². The molecule has 8 heteroatoms. The molecule has 4 aromatic heterocycles. The molecule has 4 heterocycles. The fourth-order valence-corrected chi connectivity index (χ4v) is 3.63. The fourth-order valence-electron chi connectivity index (χ4n) is 3.63. The third-order valence-corrected chi connectivity index (χ3v) is 4.86. The van der Waals surface area contributed by atoms with Gasteiger partial charge in [0, 0.05) is 11.3 Å². The van der Waals surface area contributed by atoms with Crippen molar-refractivity contribution in [3.05, 3.63) is 59.2 Å². The van der Waals surface area contributed by atoms with Gasteiger partial charge in [-0.2, -0.15) is 10.2 Å². The molecule has 0 radical (unpaired) electrons. The van der Waals surface area contributed by atoms with Gasteiger partial charge in [0.1, 0.15) is 11.4 Å². The van der Waals surface area contributed by atoms with Gasteiger partial charge in [-0.3, -0.25) is 4.79 Å². The summed E-state index contributed by atoms with van der Waals surface area (Å²) in [6.07, 6.45) is 4.41. The highest BCUT2D eigenvalue weighted by Crippen LogP contribution is 2.33. The highest BCUT2D eigenvalue weighted by atomic mass is 16.1. The fraction of sp³-hybridized carbons (Fsp3) is 0.211. The first-order valence-electron chi connectivity index (χ1n) is 8.81. The number of nitrogens with two attached hydrogens (primary N) is 1. The Labute approximate surface area is 154 Å². The van der Waals surface area contributed by atoms with Crippen LogP contribution in [0, 0.1) is 6.92 Å². The van der Waals surface area contributed by atoms with Crippen molar-refractivity contribution >= 4 is 11.6 Å². The van der Waals surface area contributed by atoms with Crippen molar-refractivity contribution in [3.63, 3.8) is 0 Å². The molecule has 4 aromatic rings. The second-order valence-electron chi connectivity index (χ2n) is 6.67. The Morgan fingerprint density at radius 2 is 2.04 bits per heavy atom. The number of amides is 1. The Morgan fingerprint density at radius 3 is 2.85 bits per heavy atom. The van der Waals surface area contributed by atoms with Crippen molar-refractivity contribution in [2.45, 2.75) is 26.2 Å². The van der Waals surface area contributed by atoms with Crippen LogP contribution in [0.1, 0.15) is 33.9 Å². The molecular weight excluding hydrogens is 342 g/mol. The van der Waals surface area contributed by atoms with Crippen LogP contribution < -0.4 is 5.73 Å². The number of rotatable bonds is 3. The van der Waals surface area contributed by atoms with Crippen molar-refractivity contribution in [1.82, 2.24) is 29.4 Å². The number of imidazole rings is 1. The number of aromatic nitrogens is 6. The van der Waals surface area contributed by atoms with Crippen LogP contribution in [0.15, 0.2) is 36.5 Å². The van der Waals surface area contributed by atoms with E-state index in [0.717, 1.165) is 42.2 Å².